The van der Waals surface area contributed by atoms with Crippen LogP contribution in [-0.4, -0.2) is 36.6 Å². The Morgan fingerprint density at radius 1 is 0.889 bits per heavy atom. The lowest BCUT2D eigenvalue weighted by Crippen LogP contribution is -2.45. The fourth-order valence-electron chi connectivity index (χ4n) is 3.82. The molecule has 1 N–H and O–H groups in total. The SMILES string of the molecule is CCCNC1CCC(N(C)C2CCCCC2)CC1. The van der Waals surface area contributed by atoms with Gasteiger partial charge in [0.1, 0.15) is 0 Å². The Labute approximate surface area is 114 Å². The van der Waals surface area contributed by atoms with Crippen LogP contribution < -0.4 is 5.32 Å². The van der Waals surface area contributed by atoms with Crippen LogP contribution in [0.3, 0.4) is 0 Å². The molecule has 0 atom stereocenters. The van der Waals surface area contributed by atoms with Gasteiger partial charge in [-0.25, -0.2) is 0 Å². The predicted molar refractivity (Wildman–Crippen MR) is 79.0 cm³/mol. The van der Waals surface area contributed by atoms with Gasteiger partial charge in [0, 0.05) is 18.1 Å². The van der Waals surface area contributed by atoms with Crippen molar-refractivity contribution >= 4 is 0 Å². The summed E-state index contributed by atoms with van der Waals surface area (Å²) in [6.07, 6.45) is 14.2. The van der Waals surface area contributed by atoms with Crippen molar-refractivity contribution in [3.8, 4) is 0 Å². The van der Waals surface area contributed by atoms with Crippen LogP contribution in [0.2, 0.25) is 0 Å². The van der Waals surface area contributed by atoms with Crippen LogP contribution in [0.4, 0.5) is 0 Å². The van der Waals surface area contributed by atoms with Crippen LogP contribution in [0.1, 0.15) is 71.1 Å². The predicted octanol–water partition coefficient (Wildman–Crippen LogP) is 3.56. The largest absolute Gasteiger partial charge is 0.314 e. The molecule has 2 aliphatic rings. The van der Waals surface area contributed by atoms with Crippen LogP contribution in [0, 0.1) is 0 Å². The van der Waals surface area contributed by atoms with E-state index in [1.807, 2.05) is 0 Å². The highest BCUT2D eigenvalue weighted by Gasteiger charge is 2.28. The van der Waals surface area contributed by atoms with Crippen molar-refractivity contribution in [2.45, 2.75) is 89.3 Å². The van der Waals surface area contributed by atoms with E-state index in [0.717, 1.165) is 18.1 Å². The molecule has 2 fully saturated rings. The molecule has 0 heterocycles. The zero-order chi connectivity index (χ0) is 12.8. The summed E-state index contributed by atoms with van der Waals surface area (Å²) >= 11 is 0. The van der Waals surface area contributed by atoms with E-state index in [9.17, 15) is 0 Å². The third kappa shape index (κ3) is 3.96. The van der Waals surface area contributed by atoms with Gasteiger partial charge >= 0.3 is 0 Å². The summed E-state index contributed by atoms with van der Waals surface area (Å²) < 4.78 is 0. The molecule has 2 saturated carbocycles. The molecule has 0 aromatic carbocycles. The second kappa shape index (κ2) is 7.49. The van der Waals surface area contributed by atoms with Crippen molar-refractivity contribution in [3.63, 3.8) is 0 Å². The average Bonchev–Trinajstić information content (AvgIpc) is 2.46. The molecule has 0 spiro atoms. The highest BCUT2D eigenvalue weighted by molar-refractivity contribution is 4.85. The molecule has 2 nitrogen and oxygen atoms in total. The minimum Gasteiger partial charge on any atom is -0.314 e. The van der Waals surface area contributed by atoms with E-state index in [-0.39, 0.29) is 0 Å². The highest BCUT2D eigenvalue weighted by atomic mass is 15.2. The van der Waals surface area contributed by atoms with Gasteiger partial charge in [-0.1, -0.05) is 26.2 Å². The van der Waals surface area contributed by atoms with Crippen molar-refractivity contribution in [1.29, 1.82) is 0 Å². The molecule has 0 amide bonds. The van der Waals surface area contributed by atoms with E-state index in [1.165, 1.54) is 70.8 Å². The van der Waals surface area contributed by atoms with Gasteiger partial charge in [0.15, 0.2) is 0 Å². The van der Waals surface area contributed by atoms with E-state index in [2.05, 4.69) is 24.2 Å². The zero-order valence-corrected chi connectivity index (χ0v) is 12.5. The molecule has 0 radical (unpaired) electrons. The number of hydrogen-bond acceptors (Lipinski definition) is 2. The molecule has 2 rings (SSSR count). The van der Waals surface area contributed by atoms with Crippen molar-refractivity contribution in [2.24, 2.45) is 0 Å². The maximum absolute atomic E-state index is 3.69. The molecular weight excluding hydrogens is 220 g/mol. The van der Waals surface area contributed by atoms with E-state index >= 15 is 0 Å². The number of hydrogen-bond donors (Lipinski definition) is 1. The normalized spacial score (nSPS) is 30.8. The van der Waals surface area contributed by atoms with Crippen molar-refractivity contribution in [2.75, 3.05) is 13.6 Å². The Morgan fingerprint density at radius 2 is 1.50 bits per heavy atom. The minimum atomic E-state index is 0.806. The van der Waals surface area contributed by atoms with E-state index in [0.29, 0.717) is 0 Å². The number of nitrogens with one attached hydrogen (secondary N) is 1. The topological polar surface area (TPSA) is 15.3 Å². The van der Waals surface area contributed by atoms with Crippen LogP contribution in [0.5, 0.6) is 0 Å². The van der Waals surface area contributed by atoms with E-state index < -0.39 is 0 Å². The van der Waals surface area contributed by atoms with Crippen LogP contribution >= 0.6 is 0 Å². The lowest BCUT2D eigenvalue weighted by Gasteiger charge is -2.40. The average molecular weight is 252 g/mol. The quantitative estimate of drug-likeness (QED) is 0.805. The molecule has 18 heavy (non-hydrogen) atoms. The van der Waals surface area contributed by atoms with Crippen molar-refractivity contribution < 1.29 is 0 Å². The Bertz CT molecular complexity index is 215. The monoisotopic (exact) mass is 252 g/mol. The van der Waals surface area contributed by atoms with Crippen LogP contribution in [0.25, 0.3) is 0 Å². The lowest BCUT2D eigenvalue weighted by molar-refractivity contribution is 0.103. The van der Waals surface area contributed by atoms with Crippen molar-refractivity contribution in [3.05, 3.63) is 0 Å². The minimum absolute atomic E-state index is 0.806. The standard InChI is InChI=1S/C16H32N2/c1-3-13-17-14-9-11-16(12-10-14)18(2)15-7-5-4-6-8-15/h14-17H,3-13H2,1-2H3. The van der Waals surface area contributed by atoms with Gasteiger partial charge in [-0.05, 0) is 58.5 Å². The Balaban J connectivity index is 1.71. The first-order valence-electron chi connectivity index (χ1n) is 8.26. The van der Waals surface area contributed by atoms with E-state index in [4.69, 9.17) is 0 Å². The fraction of sp³-hybridized carbons (Fsp3) is 1.00. The van der Waals surface area contributed by atoms with Gasteiger partial charge in [-0.2, -0.15) is 0 Å². The molecule has 0 aromatic rings. The third-order valence-corrected chi connectivity index (χ3v) is 5.11. The molecule has 0 unspecified atom stereocenters. The third-order valence-electron chi connectivity index (χ3n) is 5.11. The molecule has 0 aromatic heterocycles. The van der Waals surface area contributed by atoms with Gasteiger partial charge in [0.05, 0.1) is 0 Å². The second-order valence-corrected chi connectivity index (χ2v) is 6.42. The fourth-order valence-corrected chi connectivity index (χ4v) is 3.82. The highest BCUT2D eigenvalue weighted by Crippen LogP contribution is 2.28. The maximum atomic E-state index is 3.69. The summed E-state index contributed by atoms with van der Waals surface area (Å²) in [6, 6.07) is 2.57. The Kier molecular flexibility index (Phi) is 5.97. The summed E-state index contributed by atoms with van der Waals surface area (Å²) in [4.78, 5) is 2.73. The first-order valence-corrected chi connectivity index (χ1v) is 8.26. The van der Waals surface area contributed by atoms with Crippen molar-refractivity contribution in [1.82, 2.24) is 10.2 Å². The summed E-state index contributed by atoms with van der Waals surface area (Å²) in [5.41, 5.74) is 0. The van der Waals surface area contributed by atoms with Gasteiger partial charge in [-0.15, -0.1) is 0 Å². The first-order chi connectivity index (χ1) is 8.81. The van der Waals surface area contributed by atoms with Crippen LogP contribution in [0.15, 0.2) is 0 Å². The molecule has 0 bridgehead atoms. The Hall–Kier alpha value is -0.0800. The smallest absolute Gasteiger partial charge is 0.00963 e. The first kappa shape index (κ1) is 14.3. The molecule has 0 saturated heterocycles. The Morgan fingerprint density at radius 3 is 2.11 bits per heavy atom. The van der Waals surface area contributed by atoms with Gasteiger partial charge in [0.2, 0.25) is 0 Å². The zero-order valence-electron chi connectivity index (χ0n) is 12.5. The second-order valence-electron chi connectivity index (χ2n) is 6.42. The molecule has 2 aliphatic carbocycles. The number of rotatable bonds is 5. The summed E-state index contributed by atoms with van der Waals surface area (Å²) in [7, 11) is 2.39. The van der Waals surface area contributed by atoms with Gasteiger partial charge in [-0.3, -0.25) is 0 Å². The summed E-state index contributed by atoms with van der Waals surface area (Å²) in [5.74, 6) is 0. The molecular formula is C16H32N2. The molecule has 0 aliphatic heterocycles. The maximum Gasteiger partial charge on any atom is 0.00963 e. The molecule has 106 valence electrons. The van der Waals surface area contributed by atoms with Gasteiger partial charge in [0.25, 0.3) is 0 Å². The lowest BCUT2D eigenvalue weighted by atomic mass is 9.87. The summed E-state index contributed by atoms with van der Waals surface area (Å²) in [6.45, 7) is 3.46. The van der Waals surface area contributed by atoms with Crippen LogP contribution in [-0.2, 0) is 0 Å². The molecule has 2 heteroatoms. The van der Waals surface area contributed by atoms with E-state index in [1.54, 1.807) is 0 Å². The van der Waals surface area contributed by atoms with Gasteiger partial charge < -0.3 is 10.2 Å². The summed E-state index contributed by atoms with van der Waals surface area (Å²) in [5, 5.41) is 3.69. The number of nitrogens with zero attached hydrogens (tertiary/aromatic N) is 1.